The molecule has 0 unspecified atom stereocenters. The first-order valence-corrected chi connectivity index (χ1v) is 7.51. The number of benzene rings is 1. The summed E-state index contributed by atoms with van der Waals surface area (Å²) < 4.78 is 0. The van der Waals surface area contributed by atoms with Crippen LogP contribution in [0.4, 0.5) is 0 Å². The Morgan fingerprint density at radius 1 is 0.870 bits per heavy atom. The summed E-state index contributed by atoms with van der Waals surface area (Å²) in [5, 5.41) is 9.13. The summed E-state index contributed by atoms with van der Waals surface area (Å²) in [6.45, 7) is 1.25. The van der Waals surface area contributed by atoms with Gasteiger partial charge in [-0.1, -0.05) is 18.2 Å². The normalized spacial score (nSPS) is 20.0. The van der Waals surface area contributed by atoms with Gasteiger partial charge in [-0.3, -0.25) is 14.6 Å². The Hall–Kier alpha value is -2.73. The molecule has 2 atom stereocenters. The third-order valence-corrected chi connectivity index (χ3v) is 3.83. The van der Waals surface area contributed by atoms with Crippen LogP contribution in [-0.4, -0.2) is 42.0 Å². The van der Waals surface area contributed by atoms with Gasteiger partial charge in [0, 0.05) is 36.6 Å². The number of amides is 2. The second-order valence-electron chi connectivity index (χ2n) is 5.42. The van der Waals surface area contributed by atoms with Gasteiger partial charge >= 0.3 is 0 Å². The van der Waals surface area contributed by atoms with Crippen LogP contribution in [0.15, 0.2) is 54.9 Å². The predicted octanol–water partition coefficient (Wildman–Crippen LogP) is 0.582. The average molecular weight is 310 g/mol. The number of hydrogen-bond donors (Lipinski definition) is 3. The second-order valence-corrected chi connectivity index (χ2v) is 5.42. The Kier molecular flexibility index (Phi) is 4.63. The van der Waals surface area contributed by atoms with E-state index in [0.717, 1.165) is 0 Å². The van der Waals surface area contributed by atoms with Crippen LogP contribution < -0.4 is 16.0 Å². The number of carbonyl (C=O) groups excluding carboxylic acids is 2. The van der Waals surface area contributed by atoms with Gasteiger partial charge in [0.05, 0.1) is 12.1 Å². The molecule has 2 aromatic rings. The third-order valence-electron chi connectivity index (χ3n) is 3.83. The molecule has 2 heterocycles. The van der Waals surface area contributed by atoms with Gasteiger partial charge < -0.3 is 16.0 Å². The van der Waals surface area contributed by atoms with Crippen molar-refractivity contribution in [2.45, 2.75) is 12.1 Å². The molecule has 1 aromatic heterocycles. The first-order chi connectivity index (χ1) is 11.2. The molecule has 1 fully saturated rings. The zero-order valence-electron chi connectivity index (χ0n) is 12.5. The van der Waals surface area contributed by atoms with E-state index in [2.05, 4.69) is 20.9 Å². The van der Waals surface area contributed by atoms with Crippen LogP contribution in [0, 0.1) is 0 Å². The van der Waals surface area contributed by atoms with Crippen LogP contribution in [0.1, 0.15) is 20.7 Å². The predicted molar refractivity (Wildman–Crippen MR) is 86.1 cm³/mol. The van der Waals surface area contributed by atoms with Gasteiger partial charge in [-0.15, -0.1) is 0 Å². The van der Waals surface area contributed by atoms with Gasteiger partial charge in [0.15, 0.2) is 0 Å². The van der Waals surface area contributed by atoms with E-state index in [0.29, 0.717) is 24.2 Å². The molecule has 1 aliphatic rings. The molecular weight excluding hydrogens is 292 g/mol. The maximum Gasteiger partial charge on any atom is 0.251 e. The highest BCUT2D eigenvalue weighted by atomic mass is 16.2. The van der Waals surface area contributed by atoms with Crippen LogP contribution >= 0.6 is 0 Å². The smallest absolute Gasteiger partial charge is 0.251 e. The fourth-order valence-electron chi connectivity index (χ4n) is 2.58. The summed E-state index contributed by atoms with van der Waals surface area (Å²) in [5.41, 5.74) is 1.17. The summed E-state index contributed by atoms with van der Waals surface area (Å²) >= 11 is 0. The quantitative estimate of drug-likeness (QED) is 0.771. The summed E-state index contributed by atoms with van der Waals surface area (Å²) in [6, 6.07) is 12.1. The molecule has 0 radical (unpaired) electrons. The number of pyridine rings is 1. The minimum atomic E-state index is -0.167. The largest absolute Gasteiger partial charge is 0.346 e. The summed E-state index contributed by atoms with van der Waals surface area (Å²) in [7, 11) is 0. The molecule has 1 aliphatic heterocycles. The lowest BCUT2D eigenvalue weighted by molar-refractivity contribution is 0.0896. The molecule has 6 nitrogen and oxygen atoms in total. The molecule has 0 saturated carbocycles. The van der Waals surface area contributed by atoms with Gasteiger partial charge in [0.2, 0.25) is 0 Å². The van der Waals surface area contributed by atoms with E-state index in [1.807, 2.05) is 18.2 Å². The third kappa shape index (κ3) is 3.73. The van der Waals surface area contributed by atoms with Crippen molar-refractivity contribution in [1.29, 1.82) is 0 Å². The van der Waals surface area contributed by atoms with Crippen molar-refractivity contribution < 1.29 is 9.59 Å². The molecule has 6 heteroatoms. The summed E-state index contributed by atoms with van der Waals surface area (Å²) in [5.74, 6) is -0.303. The van der Waals surface area contributed by atoms with Crippen molar-refractivity contribution in [1.82, 2.24) is 20.9 Å². The van der Waals surface area contributed by atoms with Crippen LogP contribution in [-0.2, 0) is 0 Å². The van der Waals surface area contributed by atoms with Crippen molar-refractivity contribution >= 4 is 11.8 Å². The first kappa shape index (κ1) is 15.2. The Bertz CT molecular complexity index is 616. The zero-order valence-corrected chi connectivity index (χ0v) is 12.5. The first-order valence-electron chi connectivity index (χ1n) is 7.51. The van der Waals surface area contributed by atoms with Gasteiger partial charge in [-0.05, 0) is 24.3 Å². The molecule has 2 amide bonds. The molecule has 1 saturated heterocycles. The number of nitrogens with zero attached hydrogens (tertiary/aromatic N) is 1. The van der Waals surface area contributed by atoms with Crippen LogP contribution in [0.5, 0.6) is 0 Å². The Labute approximate surface area is 134 Å². The minimum absolute atomic E-state index is 0.137. The lowest BCUT2D eigenvalue weighted by Gasteiger charge is -2.21. The van der Waals surface area contributed by atoms with Crippen molar-refractivity contribution in [2.75, 3.05) is 13.1 Å². The minimum Gasteiger partial charge on any atom is -0.346 e. The fourth-order valence-corrected chi connectivity index (χ4v) is 2.58. The molecule has 1 aromatic carbocycles. The van der Waals surface area contributed by atoms with Gasteiger partial charge in [0.25, 0.3) is 11.8 Å². The highest BCUT2D eigenvalue weighted by molar-refractivity contribution is 5.95. The molecule has 3 rings (SSSR count). The van der Waals surface area contributed by atoms with Gasteiger partial charge in [0.1, 0.15) is 0 Å². The molecular formula is C17H18N4O2. The molecule has 0 aliphatic carbocycles. The van der Waals surface area contributed by atoms with E-state index in [-0.39, 0.29) is 23.9 Å². The Balaban J connectivity index is 1.62. The topological polar surface area (TPSA) is 83.1 Å². The number of aromatic nitrogens is 1. The van der Waals surface area contributed by atoms with E-state index in [4.69, 9.17) is 0 Å². The van der Waals surface area contributed by atoms with Crippen LogP contribution in [0.25, 0.3) is 0 Å². The number of nitrogens with one attached hydrogen (secondary N) is 3. The van der Waals surface area contributed by atoms with Gasteiger partial charge in [-0.25, -0.2) is 0 Å². The average Bonchev–Trinajstić information content (AvgIpc) is 3.03. The molecule has 0 bridgehead atoms. The number of rotatable bonds is 4. The van der Waals surface area contributed by atoms with E-state index >= 15 is 0 Å². The lowest BCUT2D eigenvalue weighted by Crippen LogP contribution is -2.51. The highest BCUT2D eigenvalue weighted by Crippen LogP contribution is 2.06. The maximum absolute atomic E-state index is 12.2. The SMILES string of the molecule is O=C(N[C@@H]1CNC[C@H]1NC(=O)c1ccncc1)c1ccccc1. The van der Waals surface area contributed by atoms with Crippen LogP contribution in [0.2, 0.25) is 0 Å². The monoisotopic (exact) mass is 310 g/mol. The maximum atomic E-state index is 12.2. The lowest BCUT2D eigenvalue weighted by atomic mass is 10.1. The Morgan fingerprint density at radius 2 is 1.39 bits per heavy atom. The summed E-state index contributed by atoms with van der Waals surface area (Å²) in [6.07, 6.45) is 3.16. The van der Waals surface area contributed by atoms with Gasteiger partial charge in [-0.2, -0.15) is 0 Å². The molecule has 118 valence electrons. The number of carbonyl (C=O) groups is 2. The van der Waals surface area contributed by atoms with Crippen molar-refractivity contribution in [3.8, 4) is 0 Å². The summed E-state index contributed by atoms with van der Waals surface area (Å²) in [4.78, 5) is 28.4. The van der Waals surface area contributed by atoms with Crippen molar-refractivity contribution in [3.63, 3.8) is 0 Å². The van der Waals surface area contributed by atoms with Crippen molar-refractivity contribution in [3.05, 3.63) is 66.0 Å². The van der Waals surface area contributed by atoms with E-state index < -0.39 is 0 Å². The molecule has 0 spiro atoms. The van der Waals surface area contributed by atoms with E-state index in [9.17, 15) is 9.59 Å². The highest BCUT2D eigenvalue weighted by Gasteiger charge is 2.30. The standard InChI is InChI=1S/C17H18N4O2/c22-16(12-4-2-1-3-5-12)20-14-10-19-11-15(14)21-17(23)13-6-8-18-9-7-13/h1-9,14-15,19H,10-11H2,(H,20,22)(H,21,23)/t14-,15-/m1/s1. The van der Waals surface area contributed by atoms with Crippen molar-refractivity contribution in [2.24, 2.45) is 0 Å². The molecule has 23 heavy (non-hydrogen) atoms. The Morgan fingerprint density at radius 3 is 1.96 bits per heavy atom. The fraction of sp³-hybridized carbons (Fsp3) is 0.235. The number of hydrogen-bond acceptors (Lipinski definition) is 4. The zero-order chi connectivity index (χ0) is 16.1. The second kappa shape index (κ2) is 7.02. The van der Waals surface area contributed by atoms with E-state index in [1.165, 1.54) is 0 Å². The molecule has 3 N–H and O–H groups in total. The van der Waals surface area contributed by atoms with E-state index in [1.54, 1.807) is 36.7 Å². The van der Waals surface area contributed by atoms with Crippen LogP contribution in [0.3, 0.4) is 0 Å².